The Balaban J connectivity index is 2.06. The zero-order valence-corrected chi connectivity index (χ0v) is 11.5. The summed E-state index contributed by atoms with van der Waals surface area (Å²) in [6.45, 7) is 2.84. The van der Waals surface area contributed by atoms with Gasteiger partial charge in [0.2, 0.25) is 0 Å². The molecule has 92 valence electrons. The summed E-state index contributed by atoms with van der Waals surface area (Å²) >= 11 is 3.56. The molecule has 2 aromatic rings. The molecule has 0 unspecified atom stereocenters. The Morgan fingerprint density at radius 2 is 2.17 bits per heavy atom. The van der Waals surface area contributed by atoms with Crippen molar-refractivity contribution in [3.63, 3.8) is 0 Å². The summed E-state index contributed by atoms with van der Waals surface area (Å²) in [6, 6.07) is 8.29. The number of hydrogen-bond donors (Lipinski definition) is 2. The summed E-state index contributed by atoms with van der Waals surface area (Å²) in [7, 11) is 0. The number of nitrogens with zero attached hydrogens (tertiary/aromatic N) is 2. The number of hydrogen-bond acceptors (Lipinski definition) is 3. The molecule has 0 fully saturated rings. The number of anilines is 2. The average molecular weight is 305 g/mol. The largest absolute Gasteiger partial charge is 0.382 e. The second-order valence-electron chi connectivity index (χ2n) is 4.35. The van der Waals surface area contributed by atoms with E-state index in [2.05, 4.69) is 56.3 Å². The Morgan fingerprint density at radius 3 is 2.94 bits per heavy atom. The molecule has 5 heteroatoms. The monoisotopic (exact) mass is 304 g/mol. The van der Waals surface area contributed by atoms with Crippen molar-refractivity contribution in [1.82, 2.24) is 10.2 Å². The van der Waals surface area contributed by atoms with E-state index in [-0.39, 0.29) is 0 Å². The summed E-state index contributed by atoms with van der Waals surface area (Å²) in [5.74, 6) is 0.564. The van der Waals surface area contributed by atoms with Gasteiger partial charge in [-0.1, -0.05) is 18.2 Å². The number of nitrogen functional groups attached to an aromatic ring is 1. The fourth-order valence-electron chi connectivity index (χ4n) is 2.19. The van der Waals surface area contributed by atoms with E-state index >= 15 is 0 Å². The molecule has 3 rings (SSSR count). The third-order valence-corrected chi connectivity index (χ3v) is 3.76. The fourth-order valence-corrected chi connectivity index (χ4v) is 2.77. The summed E-state index contributed by atoms with van der Waals surface area (Å²) in [6.07, 6.45) is 2.06. The quantitative estimate of drug-likeness (QED) is 0.851. The van der Waals surface area contributed by atoms with Gasteiger partial charge in [0.15, 0.2) is 5.82 Å². The van der Waals surface area contributed by atoms with Crippen LogP contribution >= 0.6 is 15.9 Å². The van der Waals surface area contributed by atoms with Crippen molar-refractivity contribution in [2.45, 2.75) is 13.5 Å². The van der Waals surface area contributed by atoms with Gasteiger partial charge in [-0.25, -0.2) is 0 Å². The van der Waals surface area contributed by atoms with Gasteiger partial charge < -0.3 is 10.6 Å². The van der Waals surface area contributed by atoms with Gasteiger partial charge >= 0.3 is 0 Å². The number of nitrogens with one attached hydrogen (secondary N) is 1. The van der Waals surface area contributed by atoms with Crippen LogP contribution in [0, 0.1) is 6.92 Å². The first-order valence-electron chi connectivity index (χ1n) is 5.69. The highest BCUT2D eigenvalue weighted by molar-refractivity contribution is 9.15. The van der Waals surface area contributed by atoms with Crippen molar-refractivity contribution in [2.75, 3.05) is 10.6 Å². The van der Waals surface area contributed by atoms with Crippen molar-refractivity contribution in [3.8, 4) is 0 Å². The second kappa shape index (κ2) is 4.17. The molecule has 18 heavy (non-hydrogen) atoms. The molecule has 0 spiro atoms. The van der Waals surface area contributed by atoms with Crippen LogP contribution in [0.25, 0.3) is 4.48 Å². The molecule has 1 aliphatic heterocycles. The van der Waals surface area contributed by atoms with Crippen LogP contribution in [0.5, 0.6) is 0 Å². The third kappa shape index (κ3) is 1.71. The van der Waals surface area contributed by atoms with Crippen LogP contribution in [-0.4, -0.2) is 10.2 Å². The van der Waals surface area contributed by atoms with Gasteiger partial charge in [-0.05, 0) is 34.5 Å². The van der Waals surface area contributed by atoms with Crippen molar-refractivity contribution < 1.29 is 0 Å². The summed E-state index contributed by atoms with van der Waals surface area (Å²) < 4.78 is 0.969. The highest BCUT2D eigenvalue weighted by atomic mass is 79.9. The minimum atomic E-state index is 0.564. The normalized spacial score (nSPS) is 14.3. The molecule has 1 aliphatic rings. The summed E-state index contributed by atoms with van der Waals surface area (Å²) in [5.41, 5.74) is 10.3. The number of rotatable bonds is 1. The van der Waals surface area contributed by atoms with Crippen LogP contribution in [0.1, 0.15) is 16.8 Å². The number of benzene rings is 1. The topological polar surface area (TPSA) is 57.9 Å². The Kier molecular flexibility index (Phi) is 2.63. The van der Waals surface area contributed by atoms with Crippen LogP contribution in [0.2, 0.25) is 0 Å². The van der Waals surface area contributed by atoms with E-state index in [1.165, 1.54) is 11.3 Å². The Hall–Kier alpha value is -1.75. The molecule has 0 saturated heterocycles. The lowest BCUT2D eigenvalue weighted by Gasteiger charge is -2.26. The molecular formula is C13H13BrN4. The van der Waals surface area contributed by atoms with Crippen LogP contribution in [0.15, 0.2) is 30.5 Å². The van der Waals surface area contributed by atoms with Crippen LogP contribution in [0.4, 0.5) is 11.5 Å². The van der Waals surface area contributed by atoms with E-state index in [9.17, 15) is 0 Å². The molecule has 2 heterocycles. The SMILES string of the molecule is Cc1ccccc1N1C=C(Br)c2[nH]nc(N)c2C1. The molecule has 0 bridgehead atoms. The number of halogens is 1. The number of aryl methyl sites for hydroxylation is 1. The number of aromatic amines is 1. The lowest BCUT2D eigenvalue weighted by Crippen LogP contribution is -2.21. The number of nitrogens with two attached hydrogens (primary N) is 1. The van der Waals surface area contributed by atoms with Crippen molar-refractivity contribution in [1.29, 1.82) is 0 Å². The Labute approximate surface area is 114 Å². The van der Waals surface area contributed by atoms with E-state index in [1.54, 1.807) is 0 Å². The zero-order chi connectivity index (χ0) is 12.7. The highest BCUT2D eigenvalue weighted by Gasteiger charge is 2.22. The zero-order valence-electron chi connectivity index (χ0n) is 9.94. The van der Waals surface area contributed by atoms with Gasteiger partial charge in [0.05, 0.1) is 16.7 Å². The van der Waals surface area contributed by atoms with Crippen molar-refractivity contribution >= 4 is 31.9 Å². The first-order valence-corrected chi connectivity index (χ1v) is 6.49. The molecule has 3 N–H and O–H groups in total. The lowest BCUT2D eigenvalue weighted by atomic mass is 10.1. The molecule has 1 aromatic carbocycles. The first kappa shape index (κ1) is 11.3. The number of aromatic nitrogens is 2. The van der Waals surface area contributed by atoms with E-state index in [1.807, 2.05) is 12.1 Å². The predicted octanol–water partition coefficient (Wildman–Crippen LogP) is 3.01. The molecule has 0 amide bonds. The van der Waals surface area contributed by atoms with Crippen molar-refractivity contribution in [3.05, 3.63) is 47.3 Å². The van der Waals surface area contributed by atoms with Gasteiger partial charge in [0, 0.05) is 17.5 Å². The minimum absolute atomic E-state index is 0.564. The molecular weight excluding hydrogens is 292 g/mol. The minimum Gasteiger partial charge on any atom is -0.382 e. The van der Waals surface area contributed by atoms with Gasteiger partial charge in [-0.3, -0.25) is 5.10 Å². The van der Waals surface area contributed by atoms with Gasteiger partial charge in [-0.15, -0.1) is 0 Å². The summed E-state index contributed by atoms with van der Waals surface area (Å²) in [5, 5.41) is 7.00. The van der Waals surface area contributed by atoms with E-state index < -0.39 is 0 Å². The van der Waals surface area contributed by atoms with Gasteiger partial charge in [0.1, 0.15) is 0 Å². The summed E-state index contributed by atoms with van der Waals surface area (Å²) in [4.78, 5) is 2.17. The highest BCUT2D eigenvalue weighted by Crippen LogP contribution is 2.35. The van der Waals surface area contributed by atoms with Crippen LogP contribution in [-0.2, 0) is 6.54 Å². The lowest BCUT2D eigenvalue weighted by molar-refractivity contribution is 0.948. The standard InChI is InChI=1S/C13H13BrN4/c1-8-4-2-3-5-11(8)18-6-9-12(10(14)7-18)16-17-13(9)15/h2-5,7H,6H2,1H3,(H3,15,16,17). The molecule has 0 aliphatic carbocycles. The average Bonchev–Trinajstić information content (AvgIpc) is 2.72. The molecule has 0 saturated carbocycles. The number of fused-ring (bicyclic) bond motifs is 1. The maximum Gasteiger partial charge on any atom is 0.150 e. The maximum absolute atomic E-state index is 5.88. The molecule has 0 atom stereocenters. The smallest absolute Gasteiger partial charge is 0.150 e. The first-order chi connectivity index (χ1) is 8.66. The van der Waals surface area contributed by atoms with E-state index in [0.29, 0.717) is 5.82 Å². The van der Waals surface area contributed by atoms with Crippen LogP contribution in [0.3, 0.4) is 0 Å². The van der Waals surface area contributed by atoms with Gasteiger partial charge in [0.25, 0.3) is 0 Å². The van der Waals surface area contributed by atoms with Gasteiger partial charge in [-0.2, -0.15) is 5.10 Å². The third-order valence-electron chi connectivity index (χ3n) is 3.16. The molecule has 4 nitrogen and oxygen atoms in total. The van der Waals surface area contributed by atoms with Crippen molar-refractivity contribution in [2.24, 2.45) is 0 Å². The number of H-pyrrole nitrogens is 1. The van der Waals surface area contributed by atoms with Crippen LogP contribution < -0.4 is 10.6 Å². The predicted molar refractivity (Wildman–Crippen MR) is 77.3 cm³/mol. The van der Waals surface area contributed by atoms with E-state index in [0.717, 1.165) is 22.3 Å². The maximum atomic E-state index is 5.88. The van der Waals surface area contributed by atoms with E-state index in [4.69, 9.17) is 5.73 Å². The molecule has 1 aromatic heterocycles. The fraction of sp³-hybridized carbons (Fsp3) is 0.154. The number of para-hydroxylation sites is 1. The molecule has 0 radical (unpaired) electrons. The second-order valence-corrected chi connectivity index (χ2v) is 5.21. The Bertz CT molecular complexity index is 630. The Morgan fingerprint density at radius 1 is 1.39 bits per heavy atom.